The number of carbonyl (C=O) groups excluding carboxylic acids is 1. The molecule has 4 aromatic rings. The Hall–Kier alpha value is -3.88. The van der Waals surface area contributed by atoms with Crippen LogP contribution in [-0.4, -0.2) is 48.7 Å². The van der Waals surface area contributed by atoms with Crippen molar-refractivity contribution in [1.29, 1.82) is 0 Å². The molecule has 0 N–H and O–H groups in total. The molecule has 0 aliphatic carbocycles. The highest BCUT2D eigenvalue weighted by molar-refractivity contribution is 5.98. The first-order chi connectivity index (χ1) is 17.2. The summed E-state index contributed by atoms with van der Waals surface area (Å²) >= 11 is 0. The standard InChI is InChI=1S/C27H26F3N3O3/c1-18-15-22-25(36-18)16-23(33(22)17-19-7-9-20(10-8-19)27(28,29)30)26(34)32-13-11-31(12-14-32)21-5-3-4-6-24(21)35-2/h3-10,15-16H,11-14,17H2,1-2H3. The van der Waals surface area contributed by atoms with E-state index < -0.39 is 11.7 Å². The predicted octanol–water partition coefficient (Wildman–Crippen LogP) is 5.58. The van der Waals surface area contributed by atoms with Gasteiger partial charge in [0.1, 0.15) is 17.2 Å². The molecule has 0 radical (unpaired) electrons. The number of hydrogen-bond donors (Lipinski definition) is 0. The number of rotatable bonds is 5. The molecule has 0 saturated carbocycles. The second-order valence-electron chi connectivity index (χ2n) is 8.87. The van der Waals surface area contributed by atoms with Gasteiger partial charge in [-0.3, -0.25) is 4.79 Å². The zero-order valence-electron chi connectivity index (χ0n) is 20.0. The number of methoxy groups -OCH3 is 1. The second kappa shape index (κ2) is 9.29. The third kappa shape index (κ3) is 4.53. The lowest BCUT2D eigenvalue weighted by Gasteiger charge is -2.36. The highest BCUT2D eigenvalue weighted by atomic mass is 19.4. The molecule has 3 heterocycles. The number of halogens is 3. The van der Waals surface area contributed by atoms with Crippen LogP contribution >= 0.6 is 0 Å². The van der Waals surface area contributed by atoms with Crippen LogP contribution in [0.4, 0.5) is 18.9 Å². The molecule has 6 nitrogen and oxygen atoms in total. The van der Waals surface area contributed by atoms with Crippen LogP contribution in [0.3, 0.4) is 0 Å². The molecule has 0 atom stereocenters. The molecule has 1 saturated heterocycles. The molecule has 9 heteroatoms. The fraction of sp³-hybridized carbons (Fsp3) is 0.296. The largest absolute Gasteiger partial charge is 0.495 e. The first-order valence-electron chi connectivity index (χ1n) is 11.7. The number of fused-ring (bicyclic) bond motifs is 1. The van der Waals surface area contributed by atoms with Crippen LogP contribution in [0.1, 0.15) is 27.4 Å². The summed E-state index contributed by atoms with van der Waals surface area (Å²) in [6.07, 6.45) is -4.39. The van der Waals surface area contributed by atoms with Gasteiger partial charge in [0.05, 0.1) is 23.9 Å². The minimum atomic E-state index is -4.39. The number of hydrogen-bond acceptors (Lipinski definition) is 4. The van der Waals surface area contributed by atoms with Crippen LogP contribution in [-0.2, 0) is 12.7 Å². The van der Waals surface area contributed by atoms with Crippen molar-refractivity contribution in [2.24, 2.45) is 0 Å². The molecule has 0 unspecified atom stereocenters. The van der Waals surface area contributed by atoms with Gasteiger partial charge in [-0.1, -0.05) is 24.3 Å². The van der Waals surface area contributed by atoms with Gasteiger partial charge in [-0.2, -0.15) is 13.2 Å². The van der Waals surface area contributed by atoms with Gasteiger partial charge in [0.15, 0.2) is 5.58 Å². The van der Waals surface area contributed by atoms with Gasteiger partial charge in [-0.15, -0.1) is 0 Å². The Morgan fingerprint density at radius 1 is 1.00 bits per heavy atom. The number of aryl methyl sites for hydroxylation is 1. The zero-order chi connectivity index (χ0) is 25.4. The lowest BCUT2D eigenvalue weighted by Crippen LogP contribution is -2.49. The van der Waals surface area contributed by atoms with Gasteiger partial charge in [0.25, 0.3) is 5.91 Å². The van der Waals surface area contributed by atoms with Crippen LogP contribution in [0, 0.1) is 6.92 Å². The maximum atomic E-state index is 13.6. The van der Waals surface area contributed by atoms with Gasteiger partial charge in [0.2, 0.25) is 0 Å². The molecule has 1 amide bonds. The van der Waals surface area contributed by atoms with Crippen molar-refractivity contribution in [3.63, 3.8) is 0 Å². The summed E-state index contributed by atoms with van der Waals surface area (Å²) in [7, 11) is 1.64. The number of anilines is 1. The van der Waals surface area contributed by atoms with Crippen LogP contribution in [0.15, 0.2) is 65.1 Å². The first-order valence-corrected chi connectivity index (χ1v) is 11.7. The Morgan fingerprint density at radius 3 is 2.36 bits per heavy atom. The number of nitrogens with zero attached hydrogens (tertiary/aromatic N) is 3. The van der Waals surface area contributed by atoms with E-state index >= 15 is 0 Å². The van der Waals surface area contributed by atoms with E-state index in [0.717, 1.165) is 29.1 Å². The summed E-state index contributed by atoms with van der Waals surface area (Å²) in [5.41, 5.74) is 2.72. The molecule has 2 aromatic carbocycles. The number of para-hydroxylation sites is 2. The Balaban J connectivity index is 1.38. The average Bonchev–Trinajstić information content (AvgIpc) is 3.40. The Kier molecular flexibility index (Phi) is 6.15. The Bertz CT molecular complexity index is 1380. The number of aromatic nitrogens is 1. The van der Waals surface area contributed by atoms with E-state index in [2.05, 4.69) is 4.90 Å². The topological polar surface area (TPSA) is 50.9 Å². The average molecular weight is 498 g/mol. The number of alkyl halides is 3. The first kappa shape index (κ1) is 23.8. The van der Waals surface area contributed by atoms with E-state index in [4.69, 9.17) is 9.15 Å². The van der Waals surface area contributed by atoms with Gasteiger partial charge in [0, 0.05) is 44.9 Å². The maximum Gasteiger partial charge on any atom is 0.416 e. The number of benzene rings is 2. The number of piperazine rings is 1. The molecule has 2 aromatic heterocycles. The van der Waals surface area contributed by atoms with Crippen LogP contribution in [0.25, 0.3) is 11.1 Å². The van der Waals surface area contributed by atoms with E-state index in [0.29, 0.717) is 48.8 Å². The number of carbonyl (C=O) groups is 1. The van der Waals surface area contributed by atoms with E-state index in [1.165, 1.54) is 12.1 Å². The quantitative estimate of drug-likeness (QED) is 0.361. The molecule has 188 valence electrons. The van der Waals surface area contributed by atoms with E-state index in [1.54, 1.807) is 18.1 Å². The minimum absolute atomic E-state index is 0.134. The molecule has 0 spiro atoms. The summed E-state index contributed by atoms with van der Waals surface area (Å²) in [4.78, 5) is 17.6. The van der Waals surface area contributed by atoms with E-state index in [9.17, 15) is 18.0 Å². The van der Waals surface area contributed by atoms with Crippen molar-refractivity contribution in [3.05, 3.63) is 83.2 Å². The summed E-state index contributed by atoms with van der Waals surface area (Å²) in [5, 5.41) is 0. The van der Waals surface area contributed by atoms with Gasteiger partial charge >= 0.3 is 6.18 Å². The summed E-state index contributed by atoms with van der Waals surface area (Å²) < 4.78 is 52.0. The summed E-state index contributed by atoms with van der Waals surface area (Å²) in [6.45, 7) is 4.44. The monoisotopic (exact) mass is 497 g/mol. The number of furan rings is 1. The fourth-order valence-electron chi connectivity index (χ4n) is 4.70. The second-order valence-corrected chi connectivity index (χ2v) is 8.87. The van der Waals surface area contributed by atoms with Gasteiger partial charge in [-0.05, 0) is 36.8 Å². The zero-order valence-corrected chi connectivity index (χ0v) is 20.0. The lowest BCUT2D eigenvalue weighted by atomic mass is 10.1. The van der Waals surface area contributed by atoms with Crippen molar-refractivity contribution in [2.75, 3.05) is 38.2 Å². The Labute approximate surface area is 206 Å². The molecular weight excluding hydrogens is 471 g/mol. The van der Waals surface area contributed by atoms with Gasteiger partial charge < -0.3 is 23.5 Å². The highest BCUT2D eigenvalue weighted by Crippen LogP contribution is 2.31. The van der Waals surface area contributed by atoms with Crippen molar-refractivity contribution in [3.8, 4) is 5.75 Å². The summed E-state index contributed by atoms with van der Waals surface area (Å²) in [5.74, 6) is 1.36. The molecule has 0 bridgehead atoms. The maximum absolute atomic E-state index is 13.6. The smallest absolute Gasteiger partial charge is 0.416 e. The van der Waals surface area contributed by atoms with Crippen molar-refractivity contribution < 1.29 is 27.1 Å². The van der Waals surface area contributed by atoms with Crippen LogP contribution in [0.2, 0.25) is 0 Å². The molecule has 1 aliphatic rings. The number of ether oxygens (including phenoxy) is 1. The van der Waals surface area contributed by atoms with Crippen molar-refractivity contribution in [1.82, 2.24) is 9.47 Å². The summed E-state index contributed by atoms with van der Waals surface area (Å²) in [6, 6.07) is 16.4. The normalized spacial score (nSPS) is 14.5. The highest BCUT2D eigenvalue weighted by Gasteiger charge is 2.30. The van der Waals surface area contributed by atoms with E-state index in [-0.39, 0.29) is 12.5 Å². The number of amides is 1. The third-order valence-electron chi connectivity index (χ3n) is 6.55. The fourth-order valence-corrected chi connectivity index (χ4v) is 4.70. The molecule has 1 aliphatic heterocycles. The lowest BCUT2D eigenvalue weighted by molar-refractivity contribution is -0.137. The van der Waals surface area contributed by atoms with Crippen molar-refractivity contribution >= 4 is 22.7 Å². The predicted molar refractivity (Wildman–Crippen MR) is 131 cm³/mol. The third-order valence-corrected chi connectivity index (χ3v) is 6.55. The molecule has 36 heavy (non-hydrogen) atoms. The van der Waals surface area contributed by atoms with Crippen LogP contribution < -0.4 is 9.64 Å². The molecule has 5 rings (SSSR count). The SMILES string of the molecule is COc1ccccc1N1CCN(C(=O)c2cc3oc(C)cc3n2Cc2ccc(C(F)(F)F)cc2)CC1. The van der Waals surface area contributed by atoms with Crippen molar-refractivity contribution in [2.45, 2.75) is 19.6 Å². The molecule has 1 fully saturated rings. The Morgan fingerprint density at radius 2 is 1.69 bits per heavy atom. The molecular formula is C27H26F3N3O3. The van der Waals surface area contributed by atoms with E-state index in [1.807, 2.05) is 41.8 Å². The van der Waals surface area contributed by atoms with Crippen LogP contribution in [0.5, 0.6) is 5.75 Å². The van der Waals surface area contributed by atoms with Gasteiger partial charge in [-0.25, -0.2) is 0 Å². The minimum Gasteiger partial charge on any atom is -0.495 e.